The largest absolute Gasteiger partial charge is 0.326 e. The van der Waals surface area contributed by atoms with Crippen LogP contribution in [-0.4, -0.2) is 22.1 Å². The summed E-state index contributed by atoms with van der Waals surface area (Å²) < 4.78 is 28.4. The molecule has 2 rings (SSSR count). The van der Waals surface area contributed by atoms with Gasteiger partial charge in [0.05, 0.1) is 17.4 Å². The van der Waals surface area contributed by atoms with Crippen LogP contribution in [0.1, 0.15) is 39.7 Å². The molecule has 0 amide bonds. The third kappa shape index (κ3) is 2.98. The highest BCUT2D eigenvalue weighted by Crippen LogP contribution is 2.20. The summed E-state index contributed by atoms with van der Waals surface area (Å²) in [4.78, 5) is 4.14. The van der Waals surface area contributed by atoms with Crippen molar-refractivity contribution in [2.24, 2.45) is 0 Å². The van der Waals surface area contributed by atoms with Gasteiger partial charge in [-0.05, 0) is 19.8 Å². The van der Waals surface area contributed by atoms with E-state index in [4.69, 9.17) is 0 Å². The first kappa shape index (κ1) is 14.9. The van der Waals surface area contributed by atoms with Crippen molar-refractivity contribution >= 4 is 11.0 Å². The van der Waals surface area contributed by atoms with Crippen LogP contribution >= 0.6 is 0 Å². The number of aromatic nitrogens is 2. The lowest BCUT2D eigenvalue weighted by atomic mass is 10.1. The second-order valence-electron chi connectivity index (χ2n) is 5.18. The van der Waals surface area contributed by atoms with E-state index in [9.17, 15) is 8.78 Å². The zero-order valence-corrected chi connectivity index (χ0v) is 12.2. The van der Waals surface area contributed by atoms with Crippen LogP contribution in [0.25, 0.3) is 11.0 Å². The SMILES string of the molecule is CCC(CC)NCC(C)n1cnc2cc(F)c(F)cc21. The highest BCUT2D eigenvalue weighted by Gasteiger charge is 2.13. The van der Waals surface area contributed by atoms with Gasteiger partial charge in [-0.3, -0.25) is 0 Å². The summed E-state index contributed by atoms with van der Waals surface area (Å²) in [6.45, 7) is 7.11. The molecule has 0 aliphatic heterocycles. The molecule has 1 aromatic carbocycles. The molecule has 1 unspecified atom stereocenters. The molecule has 1 N–H and O–H groups in total. The number of hydrogen-bond acceptors (Lipinski definition) is 2. The standard InChI is InChI=1S/C15H21F2N3/c1-4-11(5-2)18-8-10(3)20-9-19-14-6-12(16)13(17)7-15(14)20/h6-7,9-11,18H,4-5,8H2,1-3H3. The Kier molecular flexibility index (Phi) is 4.70. The summed E-state index contributed by atoms with van der Waals surface area (Å²) in [5.41, 5.74) is 1.11. The lowest BCUT2D eigenvalue weighted by molar-refractivity contribution is 0.425. The van der Waals surface area contributed by atoms with E-state index in [2.05, 4.69) is 24.1 Å². The van der Waals surface area contributed by atoms with Crippen molar-refractivity contribution in [3.63, 3.8) is 0 Å². The van der Waals surface area contributed by atoms with E-state index < -0.39 is 11.6 Å². The number of hydrogen-bond donors (Lipinski definition) is 1. The van der Waals surface area contributed by atoms with Gasteiger partial charge >= 0.3 is 0 Å². The molecule has 0 bridgehead atoms. The van der Waals surface area contributed by atoms with Gasteiger partial charge in [-0.25, -0.2) is 13.8 Å². The highest BCUT2D eigenvalue weighted by molar-refractivity contribution is 5.75. The number of nitrogens with one attached hydrogen (secondary N) is 1. The minimum absolute atomic E-state index is 0.130. The van der Waals surface area contributed by atoms with Gasteiger partial charge in [0, 0.05) is 30.8 Å². The fourth-order valence-corrected chi connectivity index (χ4v) is 2.39. The van der Waals surface area contributed by atoms with Gasteiger partial charge in [-0.2, -0.15) is 0 Å². The molecule has 5 heteroatoms. The Hall–Kier alpha value is -1.49. The fraction of sp³-hybridized carbons (Fsp3) is 0.533. The van der Waals surface area contributed by atoms with Gasteiger partial charge in [0.2, 0.25) is 0 Å². The summed E-state index contributed by atoms with van der Waals surface area (Å²) in [5, 5.41) is 3.48. The average Bonchev–Trinajstić information content (AvgIpc) is 2.83. The molecular weight excluding hydrogens is 260 g/mol. The molecule has 0 aliphatic rings. The summed E-state index contributed by atoms with van der Waals surface area (Å²) in [6.07, 6.45) is 3.80. The Morgan fingerprint density at radius 2 is 1.85 bits per heavy atom. The number of halogens is 2. The Bertz CT molecular complexity index is 576. The van der Waals surface area contributed by atoms with Crippen LogP contribution in [0.15, 0.2) is 18.5 Å². The molecule has 0 fully saturated rings. The van der Waals surface area contributed by atoms with E-state index in [1.807, 2.05) is 11.5 Å². The van der Waals surface area contributed by atoms with Crippen LogP contribution in [0.5, 0.6) is 0 Å². The van der Waals surface area contributed by atoms with Crippen LogP contribution in [0.2, 0.25) is 0 Å². The van der Waals surface area contributed by atoms with Gasteiger partial charge in [-0.15, -0.1) is 0 Å². The summed E-state index contributed by atoms with van der Waals surface area (Å²) >= 11 is 0. The van der Waals surface area contributed by atoms with Crippen molar-refractivity contribution < 1.29 is 8.78 Å². The zero-order chi connectivity index (χ0) is 14.7. The topological polar surface area (TPSA) is 29.9 Å². The predicted molar refractivity (Wildman–Crippen MR) is 76.7 cm³/mol. The maximum atomic E-state index is 13.4. The molecule has 0 spiro atoms. The van der Waals surface area contributed by atoms with Crippen molar-refractivity contribution in [1.82, 2.24) is 14.9 Å². The van der Waals surface area contributed by atoms with E-state index in [1.165, 1.54) is 6.07 Å². The van der Waals surface area contributed by atoms with Gasteiger partial charge in [0.15, 0.2) is 11.6 Å². The van der Waals surface area contributed by atoms with Crippen LogP contribution in [-0.2, 0) is 0 Å². The van der Waals surface area contributed by atoms with Crippen molar-refractivity contribution in [1.29, 1.82) is 0 Å². The zero-order valence-electron chi connectivity index (χ0n) is 12.2. The monoisotopic (exact) mass is 281 g/mol. The third-order valence-electron chi connectivity index (χ3n) is 3.78. The lowest BCUT2D eigenvalue weighted by Gasteiger charge is -2.20. The fourth-order valence-electron chi connectivity index (χ4n) is 2.39. The maximum absolute atomic E-state index is 13.4. The van der Waals surface area contributed by atoms with Gasteiger partial charge < -0.3 is 9.88 Å². The molecule has 110 valence electrons. The average molecular weight is 281 g/mol. The molecule has 1 heterocycles. The van der Waals surface area contributed by atoms with Gasteiger partial charge in [0.25, 0.3) is 0 Å². The van der Waals surface area contributed by atoms with Gasteiger partial charge in [0.1, 0.15) is 0 Å². The second kappa shape index (κ2) is 6.31. The van der Waals surface area contributed by atoms with E-state index >= 15 is 0 Å². The van der Waals surface area contributed by atoms with Gasteiger partial charge in [-0.1, -0.05) is 13.8 Å². The molecule has 0 aliphatic carbocycles. The summed E-state index contributed by atoms with van der Waals surface area (Å²) in [5.74, 6) is -1.69. The first-order valence-corrected chi connectivity index (χ1v) is 7.11. The van der Waals surface area contributed by atoms with Crippen LogP contribution < -0.4 is 5.32 Å². The number of rotatable bonds is 6. The Balaban J connectivity index is 2.18. The van der Waals surface area contributed by atoms with Crippen molar-refractivity contribution in [3.8, 4) is 0 Å². The first-order valence-electron chi connectivity index (χ1n) is 7.11. The number of imidazole rings is 1. The predicted octanol–water partition coefficient (Wildman–Crippen LogP) is 3.65. The normalized spacial score (nSPS) is 13.3. The lowest BCUT2D eigenvalue weighted by Crippen LogP contribution is -2.32. The Morgan fingerprint density at radius 1 is 1.20 bits per heavy atom. The molecule has 3 nitrogen and oxygen atoms in total. The molecule has 0 saturated carbocycles. The Labute approximate surface area is 118 Å². The van der Waals surface area contributed by atoms with Crippen molar-refractivity contribution in [2.75, 3.05) is 6.54 Å². The molecular formula is C15H21F2N3. The molecule has 1 aromatic heterocycles. The number of fused-ring (bicyclic) bond motifs is 1. The molecule has 20 heavy (non-hydrogen) atoms. The van der Waals surface area contributed by atoms with Crippen molar-refractivity contribution in [2.45, 2.75) is 45.7 Å². The van der Waals surface area contributed by atoms with Crippen molar-refractivity contribution in [3.05, 3.63) is 30.1 Å². The maximum Gasteiger partial charge on any atom is 0.161 e. The minimum atomic E-state index is -0.856. The van der Waals surface area contributed by atoms with E-state index in [-0.39, 0.29) is 6.04 Å². The molecule has 0 radical (unpaired) electrons. The van der Waals surface area contributed by atoms with E-state index in [0.717, 1.165) is 25.5 Å². The number of nitrogens with zero attached hydrogens (tertiary/aromatic N) is 2. The molecule has 0 saturated heterocycles. The molecule has 1 atom stereocenters. The van der Waals surface area contributed by atoms with E-state index in [1.54, 1.807) is 6.33 Å². The minimum Gasteiger partial charge on any atom is -0.326 e. The summed E-state index contributed by atoms with van der Waals surface area (Å²) in [7, 11) is 0. The second-order valence-corrected chi connectivity index (χ2v) is 5.18. The quantitative estimate of drug-likeness (QED) is 0.876. The Morgan fingerprint density at radius 3 is 2.50 bits per heavy atom. The summed E-state index contributed by atoms with van der Waals surface area (Å²) in [6, 6.07) is 2.97. The first-order chi connectivity index (χ1) is 9.56. The smallest absolute Gasteiger partial charge is 0.161 e. The van der Waals surface area contributed by atoms with Crippen LogP contribution in [0.3, 0.4) is 0 Å². The highest BCUT2D eigenvalue weighted by atomic mass is 19.2. The number of benzene rings is 1. The van der Waals surface area contributed by atoms with E-state index in [0.29, 0.717) is 17.1 Å². The third-order valence-corrected chi connectivity index (χ3v) is 3.78. The molecule has 2 aromatic rings. The van der Waals surface area contributed by atoms with Crippen LogP contribution in [0, 0.1) is 11.6 Å². The van der Waals surface area contributed by atoms with Crippen LogP contribution in [0.4, 0.5) is 8.78 Å².